The number of carbonyl (C=O) groups excluding carboxylic acids is 2. The van der Waals surface area contributed by atoms with Crippen molar-refractivity contribution in [1.29, 1.82) is 0 Å². The van der Waals surface area contributed by atoms with Gasteiger partial charge in [0.1, 0.15) is 0 Å². The molecule has 1 aliphatic rings. The minimum Gasteiger partial charge on any atom is -0.336 e. The molecule has 26 heavy (non-hydrogen) atoms. The van der Waals surface area contributed by atoms with Gasteiger partial charge in [-0.3, -0.25) is 14.6 Å². The number of halogens is 3. The van der Waals surface area contributed by atoms with Gasteiger partial charge in [-0.25, -0.2) is 0 Å². The van der Waals surface area contributed by atoms with Crippen LogP contribution in [-0.4, -0.2) is 28.2 Å². The van der Waals surface area contributed by atoms with Gasteiger partial charge in [0.25, 0.3) is 0 Å². The van der Waals surface area contributed by atoms with Gasteiger partial charge in [-0.1, -0.05) is 12.1 Å². The molecule has 0 spiro atoms. The molecule has 0 saturated carbocycles. The largest absolute Gasteiger partial charge is 0.416 e. The Kier molecular flexibility index (Phi) is 4.92. The summed E-state index contributed by atoms with van der Waals surface area (Å²) in [6.45, 7) is 0.507. The molecule has 3 rings (SSSR count). The van der Waals surface area contributed by atoms with Crippen LogP contribution in [0.15, 0.2) is 48.7 Å². The second kappa shape index (κ2) is 7.15. The van der Waals surface area contributed by atoms with Crippen molar-refractivity contribution in [3.05, 3.63) is 59.9 Å². The van der Waals surface area contributed by atoms with Crippen LogP contribution in [0.3, 0.4) is 0 Å². The predicted molar refractivity (Wildman–Crippen MR) is 87.8 cm³/mol. The highest BCUT2D eigenvalue weighted by Gasteiger charge is 2.35. The highest BCUT2D eigenvalue weighted by Crippen LogP contribution is 2.31. The first kappa shape index (κ1) is 17.9. The fraction of sp³-hybridized carbons (Fsp3) is 0.278. The van der Waals surface area contributed by atoms with Crippen molar-refractivity contribution < 1.29 is 22.8 Å². The molecule has 0 radical (unpaired) electrons. The van der Waals surface area contributed by atoms with Crippen molar-refractivity contribution in [1.82, 2.24) is 9.88 Å². The molecule has 8 heteroatoms. The number of rotatable bonds is 4. The Hall–Kier alpha value is -2.90. The zero-order valence-electron chi connectivity index (χ0n) is 13.7. The number of nitrogens with zero attached hydrogens (tertiary/aromatic N) is 2. The van der Waals surface area contributed by atoms with Crippen LogP contribution in [0.4, 0.5) is 18.9 Å². The zero-order valence-corrected chi connectivity index (χ0v) is 13.7. The van der Waals surface area contributed by atoms with Crippen LogP contribution in [0.1, 0.15) is 17.7 Å². The molecule has 1 N–H and O–H groups in total. The first-order chi connectivity index (χ1) is 12.3. The van der Waals surface area contributed by atoms with Crippen LogP contribution in [0.25, 0.3) is 0 Å². The molecule has 1 aliphatic heterocycles. The van der Waals surface area contributed by atoms with Gasteiger partial charge >= 0.3 is 6.18 Å². The molecule has 0 bridgehead atoms. The van der Waals surface area contributed by atoms with E-state index in [1.54, 1.807) is 24.4 Å². The Bertz CT molecular complexity index is 809. The number of nitrogens with one attached hydrogen (secondary N) is 1. The molecular weight excluding hydrogens is 347 g/mol. The SMILES string of the molecule is O=C(Nc1cccc(C(F)(F)F)c1)[C@H]1CC(=O)N(Cc2ccccn2)C1. The summed E-state index contributed by atoms with van der Waals surface area (Å²) in [4.78, 5) is 30.1. The van der Waals surface area contributed by atoms with Gasteiger partial charge in [0, 0.05) is 24.8 Å². The normalized spacial score (nSPS) is 17.4. The van der Waals surface area contributed by atoms with Crippen molar-refractivity contribution in [3.63, 3.8) is 0 Å². The number of carbonyl (C=O) groups is 2. The topological polar surface area (TPSA) is 62.3 Å². The average molecular weight is 363 g/mol. The Balaban J connectivity index is 1.63. The Morgan fingerprint density at radius 2 is 2.04 bits per heavy atom. The lowest BCUT2D eigenvalue weighted by atomic mass is 10.1. The Morgan fingerprint density at radius 3 is 2.73 bits per heavy atom. The van der Waals surface area contributed by atoms with Gasteiger partial charge in [0.2, 0.25) is 11.8 Å². The van der Waals surface area contributed by atoms with Gasteiger partial charge in [-0.15, -0.1) is 0 Å². The van der Waals surface area contributed by atoms with Crippen molar-refractivity contribution in [2.45, 2.75) is 19.1 Å². The van der Waals surface area contributed by atoms with Crippen LogP contribution in [0, 0.1) is 5.92 Å². The average Bonchev–Trinajstić information content (AvgIpc) is 2.96. The van der Waals surface area contributed by atoms with Gasteiger partial charge in [0.05, 0.1) is 23.7 Å². The summed E-state index contributed by atoms with van der Waals surface area (Å²) in [7, 11) is 0. The molecule has 2 aromatic rings. The van der Waals surface area contributed by atoms with Gasteiger partial charge in [0.15, 0.2) is 0 Å². The first-order valence-electron chi connectivity index (χ1n) is 7.99. The van der Waals surface area contributed by atoms with E-state index in [0.29, 0.717) is 12.2 Å². The minimum atomic E-state index is -4.48. The maximum atomic E-state index is 12.7. The number of alkyl halides is 3. The van der Waals surface area contributed by atoms with E-state index in [0.717, 1.165) is 12.1 Å². The van der Waals surface area contributed by atoms with Crippen molar-refractivity contribution >= 4 is 17.5 Å². The van der Waals surface area contributed by atoms with Crippen molar-refractivity contribution in [2.24, 2.45) is 5.92 Å². The number of amides is 2. The fourth-order valence-electron chi connectivity index (χ4n) is 2.81. The minimum absolute atomic E-state index is 0.0254. The maximum absolute atomic E-state index is 12.7. The molecule has 5 nitrogen and oxygen atoms in total. The van der Waals surface area contributed by atoms with Crippen molar-refractivity contribution in [3.8, 4) is 0 Å². The number of aromatic nitrogens is 1. The van der Waals surface area contributed by atoms with Gasteiger partial charge in [-0.2, -0.15) is 13.2 Å². The van der Waals surface area contributed by atoms with E-state index in [1.807, 2.05) is 0 Å². The second-order valence-electron chi connectivity index (χ2n) is 6.06. The molecule has 1 aromatic heterocycles. The zero-order chi connectivity index (χ0) is 18.7. The third kappa shape index (κ3) is 4.19. The third-order valence-electron chi connectivity index (χ3n) is 4.12. The van der Waals surface area contributed by atoms with E-state index < -0.39 is 23.6 Å². The number of benzene rings is 1. The summed E-state index contributed by atoms with van der Waals surface area (Å²) in [6, 6.07) is 9.77. The maximum Gasteiger partial charge on any atom is 0.416 e. The lowest BCUT2D eigenvalue weighted by Gasteiger charge is -2.16. The molecule has 1 fully saturated rings. The van der Waals surface area contributed by atoms with Crippen LogP contribution < -0.4 is 5.32 Å². The Morgan fingerprint density at radius 1 is 1.23 bits per heavy atom. The van der Waals surface area contributed by atoms with E-state index in [9.17, 15) is 22.8 Å². The van der Waals surface area contributed by atoms with E-state index in [2.05, 4.69) is 10.3 Å². The smallest absolute Gasteiger partial charge is 0.336 e. The standard InChI is InChI=1S/C18H16F3N3O2/c19-18(20,21)13-4-3-6-14(9-13)23-17(26)12-8-16(25)24(10-12)11-15-5-1-2-7-22-15/h1-7,9,12H,8,10-11H2,(H,23,26)/t12-/m0/s1. The lowest BCUT2D eigenvalue weighted by molar-refractivity contribution is -0.137. The first-order valence-corrected chi connectivity index (χ1v) is 7.99. The number of anilines is 1. The molecule has 1 atom stereocenters. The highest BCUT2D eigenvalue weighted by atomic mass is 19.4. The number of hydrogen-bond acceptors (Lipinski definition) is 3. The quantitative estimate of drug-likeness (QED) is 0.908. The van der Waals surface area contributed by atoms with Gasteiger partial charge < -0.3 is 10.2 Å². The molecule has 1 saturated heterocycles. The molecule has 2 amide bonds. The Labute approximate surface area is 147 Å². The van der Waals surface area contributed by atoms with Crippen LogP contribution in [0.2, 0.25) is 0 Å². The van der Waals surface area contributed by atoms with E-state index in [4.69, 9.17) is 0 Å². The number of hydrogen-bond donors (Lipinski definition) is 1. The highest BCUT2D eigenvalue weighted by molar-refractivity contribution is 5.97. The summed E-state index contributed by atoms with van der Waals surface area (Å²) < 4.78 is 38.2. The molecule has 0 unspecified atom stereocenters. The van der Waals surface area contributed by atoms with Gasteiger partial charge in [-0.05, 0) is 30.3 Å². The molecule has 0 aliphatic carbocycles. The van der Waals surface area contributed by atoms with Crippen LogP contribution >= 0.6 is 0 Å². The summed E-state index contributed by atoms with van der Waals surface area (Å²) in [5, 5.41) is 2.47. The summed E-state index contributed by atoms with van der Waals surface area (Å²) in [6.07, 6.45) is -2.84. The molecule has 136 valence electrons. The third-order valence-corrected chi connectivity index (χ3v) is 4.12. The number of likely N-dealkylation sites (tertiary alicyclic amines) is 1. The van der Waals surface area contributed by atoms with E-state index in [1.165, 1.54) is 17.0 Å². The predicted octanol–water partition coefficient (Wildman–Crippen LogP) is 3.09. The van der Waals surface area contributed by atoms with Crippen LogP contribution in [-0.2, 0) is 22.3 Å². The molecule has 2 heterocycles. The van der Waals surface area contributed by atoms with Crippen LogP contribution in [0.5, 0.6) is 0 Å². The van der Waals surface area contributed by atoms with E-state index in [-0.39, 0.29) is 24.6 Å². The fourth-order valence-corrected chi connectivity index (χ4v) is 2.81. The van der Waals surface area contributed by atoms with Crippen molar-refractivity contribution in [2.75, 3.05) is 11.9 Å². The lowest BCUT2D eigenvalue weighted by Crippen LogP contribution is -2.28. The summed E-state index contributed by atoms with van der Waals surface area (Å²) in [5.74, 6) is -1.26. The second-order valence-corrected chi connectivity index (χ2v) is 6.06. The number of pyridine rings is 1. The molecular formula is C18H16F3N3O2. The summed E-state index contributed by atoms with van der Waals surface area (Å²) in [5.41, 5.74) is -0.0742. The van der Waals surface area contributed by atoms with E-state index >= 15 is 0 Å². The summed E-state index contributed by atoms with van der Waals surface area (Å²) >= 11 is 0. The monoisotopic (exact) mass is 363 g/mol. The molecule has 1 aromatic carbocycles.